The SMILES string of the molecule is Cc1ccc(O)c(C(=O)CSc2ncc(-c3ccccc3)n2C)c1. The number of aromatic nitrogens is 2. The summed E-state index contributed by atoms with van der Waals surface area (Å²) in [5.74, 6) is 0.150. The van der Waals surface area contributed by atoms with E-state index in [1.54, 1.807) is 18.2 Å². The molecule has 0 fully saturated rings. The van der Waals surface area contributed by atoms with Crippen LogP contribution in [0.3, 0.4) is 0 Å². The zero-order chi connectivity index (χ0) is 17.1. The minimum Gasteiger partial charge on any atom is -0.507 e. The lowest BCUT2D eigenvalue weighted by atomic mass is 10.1. The molecule has 0 bridgehead atoms. The monoisotopic (exact) mass is 338 g/mol. The van der Waals surface area contributed by atoms with Crippen molar-refractivity contribution in [2.45, 2.75) is 12.1 Å². The summed E-state index contributed by atoms with van der Waals surface area (Å²) in [7, 11) is 1.94. The number of benzene rings is 2. The molecule has 0 aliphatic heterocycles. The fraction of sp³-hybridized carbons (Fsp3) is 0.158. The first-order chi connectivity index (χ1) is 11.6. The molecule has 1 N–H and O–H groups in total. The van der Waals surface area contributed by atoms with Crippen LogP contribution < -0.4 is 0 Å². The molecule has 24 heavy (non-hydrogen) atoms. The lowest BCUT2D eigenvalue weighted by molar-refractivity contribution is 0.102. The average Bonchev–Trinajstić information content (AvgIpc) is 2.96. The number of phenolic OH excluding ortho intramolecular Hbond substituents is 1. The predicted octanol–water partition coefficient (Wildman–Crippen LogP) is 4.08. The number of Topliss-reactive ketones (excluding diaryl/α,β-unsaturated/α-hetero) is 1. The summed E-state index contributed by atoms with van der Waals surface area (Å²) in [6.45, 7) is 1.90. The zero-order valence-corrected chi connectivity index (χ0v) is 14.4. The van der Waals surface area contributed by atoms with Gasteiger partial charge in [0, 0.05) is 7.05 Å². The second-order valence-electron chi connectivity index (χ2n) is 5.58. The average molecular weight is 338 g/mol. The van der Waals surface area contributed by atoms with E-state index < -0.39 is 0 Å². The predicted molar refractivity (Wildman–Crippen MR) is 96.5 cm³/mol. The molecule has 0 atom stereocenters. The normalized spacial score (nSPS) is 10.8. The van der Waals surface area contributed by atoms with Crippen molar-refractivity contribution in [1.29, 1.82) is 0 Å². The van der Waals surface area contributed by atoms with E-state index in [0.29, 0.717) is 5.56 Å². The minimum absolute atomic E-state index is 0.0241. The summed E-state index contributed by atoms with van der Waals surface area (Å²) >= 11 is 1.37. The summed E-state index contributed by atoms with van der Waals surface area (Å²) in [5, 5.41) is 10.6. The topological polar surface area (TPSA) is 55.1 Å². The molecule has 4 nitrogen and oxygen atoms in total. The summed E-state index contributed by atoms with van der Waals surface area (Å²) in [5.41, 5.74) is 3.40. The van der Waals surface area contributed by atoms with Crippen LogP contribution in [0, 0.1) is 6.92 Å². The van der Waals surface area contributed by atoms with Crippen molar-refractivity contribution in [2.75, 3.05) is 5.75 Å². The number of hydrogen-bond acceptors (Lipinski definition) is 4. The smallest absolute Gasteiger partial charge is 0.176 e. The van der Waals surface area contributed by atoms with Gasteiger partial charge in [-0.1, -0.05) is 53.7 Å². The van der Waals surface area contributed by atoms with Gasteiger partial charge >= 0.3 is 0 Å². The van der Waals surface area contributed by atoms with Crippen molar-refractivity contribution in [2.24, 2.45) is 7.05 Å². The molecule has 0 spiro atoms. The third kappa shape index (κ3) is 3.36. The molecule has 2 aromatic carbocycles. The standard InChI is InChI=1S/C19H18N2O2S/c1-13-8-9-17(22)15(10-13)18(23)12-24-19-20-11-16(21(19)2)14-6-4-3-5-7-14/h3-11,22H,12H2,1-2H3. The molecule has 0 saturated carbocycles. The first-order valence-corrected chi connectivity index (χ1v) is 8.57. The number of carbonyl (C=O) groups excluding carboxylic acids is 1. The Kier molecular flexibility index (Phi) is 4.71. The summed E-state index contributed by atoms with van der Waals surface area (Å²) in [4.78, 5) is 16.8. The first-order valence-electron chi connectivity index (χ1n) is 7.59. The maximum Gasteiger partial charge on any atom is 0.176 e. The van der Waals surface area contributed by atoms with Crippen molar-refractivity contribution < 1.29 is 9.90 Å². The van der Waals surface area contributed by atoms with E-state index >= 15 is 0 Å². The third-order valence-electron chi connectivity index (χ3n) is 3.80. The number of aryl methyl sites for hydroxylation is 1. The Morgan fingerprint density at radius 3 is 2.71 bits per heavy atom. The number of rotatable bonds is 5. The molecule has 1 aromatic heterocycles. The summed E-state index contributed by atoms with van der Waals surface area (Å²) in [6.07, 6.45) is 1.81. The van der Waals surface area contributed by atoms with Crippen LogP contribution in [0.5, 0.6) is 5.75 Å². The number of carbonyl (C=O) groups is 1. The van der Waals surface area contributed by atoms with Gasteiger partial charge in [0.15, 0.2) is 10.9 Å². The Morgan fingerprint density at radius 1 is 1.21 bits per heavy atom. The van der Waals surface area contributed by atoms with Crippen LogP contribution >= 0.6 is 11.8 Å². The third-order valence-corrected chi connectivity index (χ3v) is 4.84. The highest BCUT2D eigenvalue weighted by Crippen LogP contribution is 2.26. The van der Waals surface area contributed by atoms with Crippen LogP contribution in [-0.2, 0) is 7.05 Å². The molecule has 5 heteroatoms. The maximum atomic E-state index is 12.4. The minimum atomic E-state index is -0.106. The largest absolute Gasteiger partial charge is 0.507 e. The summed E-state index contributed by atoms with van der Waals surface area (Å²) < 4.78 is 1.98. The quantitative estimate of drug-likeness (QED) is 0.563. The Morgan fingerprint density at radius 2 is 1.96 bits per heavy atom. The van der Waals surface area contributed by atoms with Crippen LogP contribution in [0.4, 0.5) is 0 Å². The lowest BCUT2D eigenvalue weighted by Gasteiger charge is -2.07. The van der Waals surface area contributed by atoms with Crippen molar-refractivity contribution in [3.8, 4) is 17.0 Å². The molecular weight excluding hydrogens is 320 g/mol. The van der Waals surface area contributed by atoms with Gasteiger partial charge < -0.3 is 9.67 Å². The number of phenols is 1. The van der Waals surface area contributed by atoms with Crippen LogP contribution in [0.25, 0.3) is 11.3 Å². The van der Waals surface area contributed by atoms with Crippen LogP contribution in [0.2, 0.25) is 0 Å². The summed E-state index contributed by atoms with van der Waals surface area (Å²) in [6, 6.07) is 15.1. The van der Waals surface area contributed by atoms with Gasteiger partial charge in [-0.05, 0) is 24.6 Å². The van der Waals surface area contributed by atoms with Crippen molar-refractivity contribution >= 4 is 17.5 Å². The highest BCUT2D eigenvalue weighted by Gasteiger charge is 2.14. The lowest BCUT2D eigenvalue weighted by Crippen LogP contribution is -2.04. The molecule has 0 saturated heterocycles. The Balaban J connectivity index is 1.75. The molecular formula is C19H18N2O2S. The fourth-order valence-corrected chi connectivity index (χ4v) is 3.32. The number of thioether (sulfide) groups is 1. The van der Waals surface area contributed by atoms with Gasteiger partial charge in [0.1, 0.15) is 5.75 Å². The Bertz CT molecular complexity index is 872. The van der Waals surface area contributed by atoms with Crippen LogP contribution in [0.1, 0.15) is 15.9 Å². The molecule has 0 aliphatic rings. The zero-order valence-electron chi connectivity index (χ0n) is 13.6. The van der Waals surface area contributed by atoms with Gasteiger partial charge in [-0.15, -0.1) is 0 Å². The first kappa shape index (κ1) is 16.3. The molecule has 3 aromatic rings. The van der Waals surface area contributed by atoms with E-state index in [0.717, 1.165) is 22.0 Å². The van der Waals surface area contributed by atoms with Gasteiger partial charge in [0.25, 0.3) is 0 Å². The van der Waals surface area contributed by atoms with Crippen LogP contribution in [-0.4, -0.2) is 26.2 Å². The molecule has 1 heterocycles. The Labute approximate surface area is 145 Å². The van der Waals surface area contributed by atoms with Gasteiger partial charge in [0.05, 0.1) is 23.2 Å². The van der Waals surface area contributed by atoms with E-state index in [9.17, 15) is 9.90 Å². The van der Waals surface area contributed by atoms with Crippen molar-refractivity contribution in [3.63, 3.8) is 0 Å². The number of hydrogen-bond donors (Lipinski definition) is 1. The van der Waals surface area contributed by atoms with E-state index in [4.69, 9.17) is 0 Å². The maximum absolute atomic E-state index is 12.4. The highest BCUT2D eigenvalue weighted by atomic mass is 32.2. The van der Waals surface area contributed by atoms with E-state index in [1.165, 1.54) is 11.8 Å². The molecule has 3 rings (SSSR count). The number of imidazole rings is 1. The Hall–Kier alpha value is -2.53. The molecule has 122 valence electrons. The molecule has 0 unspecified atom stereocenters. The van der Waals surface area contributed by atoms with Crippen molar-refractivity contribution in [1.82, 2.24) is 9.55 Å². The fourth-order valence-electron chi connectivity index (χ4n) is 2.48. The van der Waals surface area contributed by atoms with E-state index in [1.807, 2.05) is 55.1 Å². The van der Waals surface area contributed by atoms with E-state index in [2.05, 4.69) is 4.98 Å². The number of nitrogens with zero attached hydrogens (tertiary/aromatic N) is 2. The molecule has 0 aliphatic carbocycles. The van der Waals surface area contributed by atoms with Gasteiger partial charge in [-0.3, -0.25) is 4.79 Å². The van der Waals surface area contributed by atoms with Gasteiger partial charge in [-0.25, -0.2) is 4.98 Å². The molecule has 0 radical (unpaired) electrons. The second-order valence-corrected chi connectivity index (χ2v) is 6.53. The van der Waals surface area contributed by atoms with Crippen molar-refractivity contribution in [3.05, 3.63) is 65.9 Å². The second kappa shape index (κ2) is 6.93. The molecule has 0 amide bonds. The number of aromatic hydroxyl groups is 1. The van der Waals surface area contributed by atoms with E-state index in [-0.39, 0.29) is 17.3 Å². The van der Waals surface area contributed by atoms with Gasteiger partial charge in [0.2, 0.25) is 0 Å². The van der Waals surface area contributed by atoms with Crippen LogP contribution in [0.15, 0.2) is 59.9 Å². The highest BCUT2D eigenvalue weighted by molar-refractivity contribution is 7.99. The van der Waals surface area contributed by atoms with Gasteiger partial charge in [-0.2, -0.15) is 0 Å². The number of ketones is 1.